The molecule has 2 atom stereocenters. The quantitative estimate of drug-likeness (QED) is 0.891. The van der Waals surface area contributed by atoms with E-state index in [4.69, 9.17) is 4.74 Å². The lowest BCUT2D eigenvalue weighted by atomic mass is 9.85. The molecule has 1 aliphatic heterocycles. The summed E-state index contributed by atoms with van der Waals surface area (Å²) >= 11 is 0. The molecule has 3 rings (SSSR count). The van der Waals surface area contributed by atoms with Crippen LogP contribution >= 0.6 is 0 Å². The number of carbonyl (C=O) groups excluding carboxylic acids is 1. The predicted molar refractivity (Wildman–Crippen MR) is 82.3 cm³/mol. The number of ether oxygens (including phenoxy) is 1. The standard InChI is InChI=1S/C17H24N2O2/c1-11(13-9-18-10-13)17(20)19-16-5-3-4-12-8-14(21-2)6-7-15(12)16/h6-8,11,13,16,18H,3-5,9-10H2,1-2H3,(H,19,20). The van der Waals surface area contributed by atoms with E-state index in [1.165, 1.54) is 11.1 Å². The maximum absolute atomic E-state index is 12.4. The number of carbonyl (C=O) groups is 1. The molecule has 114 valence electrons. The Labute approximate surface area is 126 Å². The van der Waals surface area contributed by atoms with E-state index in [-0.39, 0.29) is 17.9 Å². The normalized spacial score (nSPS) is 22.9. The van der Waals surface area contributed by atoms with E-state index in [2.05, 4.69) is 22.8 Å². The molecular formula is C17H24N2O2. The number of amides is 1. The van der Waals surface area contributed by atoms with Gasteiger partial charge in [-0.3, -0.25) is 4.79 Å². The third-order valence-electron chi connectivity index (χ3n) is 4.91. The summed E-state index contributed by atoms with van der Waals surface area (Å²) in [5.74, 6) is 1.67. The Hall–Kier alpha value is -1.55. The second kappa shape index (κ2) is 6.06. The molecule has 0 aromatic heterocycles. The summed E-state index contributed by atoms with van der Waals surface area (Å²) in [7, 11) is 1.69. The van der Waals surface area contributed by atoms with E-state index >= 15 is 0 Å². The topological polar surface area (TPSA) is 50.4 Å². The van der Waals surface area contributed by atoms with Crippen molar-refractivity contribution in [1.29, 1.82) is 0 Å². The van der Waals surface area contributed by atoms with E-state index in [9.17, 15) is 4.79 Å². The predicted octanol–water partition coefficient (Wildman–Crippen LogP) is 2.04. The molecule has 0 bridgehead atoms. The van der Waals surface area contributed by atoms with Crippen molar-refractivity contribution in [1.82, 2.24) is 10.6 Å². The molecule has 0 saturated carbocycles. The fraction of sp³-hybridized carbons (Fsp3) is 0.588. The highest BCUT2D eigenvalue weighted by molar-refractivity contribution is 5.79. The van der Waals surface area contributed by atoms with Crippen molar-refractivity contribution in [3.05, 3.63) is 29.3 Å². The third-order valence-corrected chi connectivity index (χ3v) is 4.91. The van der Waals surface area contributed by atoms with Crippen molar-refractivity contribution in [2.75, 3.05) is 20.2 Å². The van der Waals surface area contributed by atoms with Crippen molar-refractivity contribution in [2.24, 2.45) is 11.8 Å². The smallest absolute Gasteiger partial charge is 0.223 e. The summed E-state index contributed by atoms with van der Waals surface area (Å²) in [6.45, 7) is 3.97. The number of hydrogen-bond donors (Lipinski definition) is 2. The molecule has 1 heterocycles. The van der Waals surface area contributed by atoms with Crippen molar-refractivity contribution in [3.8, 4) is 5.75 Å². The third kappa shape index (κ3) is 2.91. The molecule has 2 aliphatic rings. The van der Waals surface area contributed by atoms with Gasteiger partial charge in [0.1, 0.15) is 5.75 Å². The van der Waals surface area contributed by atoms with Crippen molar-refractivity contribution < 1.29 is 9.53 Å². The lowest BCUT2D eigenvalue weighted by Crippen LogP contribution is -2.50. The monoisotopic (exact) mass is 288 g/mol. The Balaban J connectivity index is 1.71. The maximum atomic E-state index is 12.4. The zero-order valence-corrected chi connectivity index (χ0v) is 12.8. The van der Waals surface area contributed by atoms with Gasteiger partial charge in [0.25, 0.3) is 0 Å². The Kier molecular flexibility index (Phi) is 4.15. The molecule has 0 radical (unpaired) electrons. The number of rotatable bonds is 4. The van der Waals surface area contributed by atoms with Crippen LogP contribution in [-0.4, -0.2) is 26.1 Å². The summed E-state index contributed by atoms with van der Waals surface area (Å²) in [4.78, 5) is 12.4. The first-order valence-corrected chi connectivity index (χ1v) is 7.87. The minimum atomic E-state index is 0.0925. The largest absolute Gasteiger partial charge is 0.497 e. The molecule has 4 nitrogen and oxygen atoms in total. The Morgan fingerprint density at radius 1 is 1.43 bits per heavy atom. The first-order chi connectivity index (χ1) is 10.2. The van der Waals surface area contributed by atoms with Crippen LogP contribution in [0.1, 0.15) is 36.9 Å². The first kappa shape index (κ1) is 14.4. The van der Waals surface area contributed by atoms with E-state index in [0.29, 0.717) is 5.92 Å². The highest BCUT2D eigenvalue weighted by Gasteiger charge is 2.31. The summed E-state index contributed by atoms with van der Waals surface area (Å²) < 4.78 is 5.29. The Morgan fingerprint density at radius 2 is 2.24 bits per heavy atom. The SMILES string of the molecule is COc1ccc2c(c1)CCCC2NC(=O)C(C)C1CNC1. The summed E-state index contributed by atoms with van der Waals surface area (Å²) in [5.41, 5.74) is 2.57. The zero-order valence-electron chi connectivity index (χ0n) is 12.8. The fourth-order valence-electron chi connectivity index (χ4n) is 3.25. The van der Waals surface area contributed by atoms with Gasteiger partial charge in [0.15, 0.2) is 0 Å². The maximum Gasteiger partial charge on any atom is 0.223 e. The number of aryl methyl sites for hydroxylation is 1. The summed E-state index contributed by atoms with van der Waals surface area (Å²) in [5, 5.41) is 6.49. The van der Waals surface area contributed by atoms with Crippen LogP contribution in [0.25, 0.3) is 0 Å². The second-order valence-electron chi connectivity index (χ2n) is 6.23. The number of hydrogen-bond acceptors (Lipinski definition) is 3. The van der Waals surface area contributed by atoms with Gasteiger partial charge in [-0.1, -0.05) is 13.0 Å². The number of methoxy groups -OCH3 is 1. The van der Waals surface area contributed by atoms with Crippen molar-refractivity contribution in [2.45, 2.75) is 32.2 Å². The van der Waals surface area contributed by atoms with Gasteiger partial charge >= 0.3 is 0 Å². The van der Waals surface area contributed by atoms with Gasteiger partial charge in [0.05, 0.1) is 13.2 Å². The van der Waals surface area contributed by atoms with Gasteiger partial charge in [-0.2, -0.15) is 0 Å². The van der Waals surface area contributed by atoms with Gasteiger partial charge < -0.3 is 15.4 Å². The van der Waals surface area contributed by atoms with Gasteiger partial charge in [0, 0.05) is 5.92 Å². The van der Waals surface area contributed by atoms with Gasteiger partial charge in [-0.15, -0.1) is 0 Å². The van der Waals surface area contributed by atoms with E-state index in [1.807, 2.05) is 13.0 Å². The lowest BCUT2D eigenvalue weighted by molar-refractivity contribution is -0.127. The highest BCUT2D eigenvalue weighted by Crippen LogP contribution is 2.32. The molecule has 4 heteroatoms. The van der Waals surface area contributed by atoms with E-state index in [0.717, 1.165) is 38.1 Å². The number of benzene rings is 1. The van der Waals surface area contributed by atoms with Crippen LogP contribution in [0, 0.1) is 11.8 Å². The number of fused-ring (bicyclic) bond motifs is 1. The molecule has 2 unspecified atom stereocenters. The molecule has 2 N–H and O–H groups in total. The average Bonchev–Trinajstić information content (AvgIpc) is 2.45. The molecule has 1 fully saturated rings. The average molecular weight is 288 g/mol. The van der Waals surface area contributed by atoms with Crippen molar-refractivity contribution in [3.63, 3.8) is 0 Å². The molecule has 1 aromatic carbocycles. The Bertz CT molecular complexity index is 526. The van der Waals surface area contributed by atoms with Crippen LogP contribution in [0.4, 0.5) is 0 Å². The first-order valence-electron chi connectivity index (χ1n) is 7.87. The van der Waals surface area contributed by atoms with Crippen molar-refractivity contribution >= 4 is 5.91 Å². The fourth-order valence-corrected chi connectivity index (χ4v) is 3.25. The molecule has 1 aromatic rings. The van der Waals surface area contributed by atoms with Crippen LogP contribution < -0.4 is 15.4 Å². The van der Waals surface area contributed by atoms with E-state index in [1.54, 1.807) is 7.11 Å². The van der Waals surface area contributed by atoms with Crippen LogP contribution in [0.2, 0.25) is 0 Å². The van der Waals surface area contributed by atoms with Gasteiger partial charge in [0.2, 0.25) is 5.91 Å². The van der Waals surface area contributed by atoms with Crippen LogP contribution in [-0.2, 0) is 11.2 Å². The van der Waals surface area contributed by atoms with Crippen LogP contribution in [0.15, 0.2) is 18.2 Å². The van der Waals surface area contributed by atoms with Gasteiger partial charge in [-0.05, 0) is 61.5 Å². The highest BCUT2D eigenvalue weighted by atomic mass is 16.5. The minimum absolute atomic E-state index is 0.0925. The van der Waals surface area contributed by atoms with Crippen LogP contribution in [0.3, 0.4) is 0 Å². The molecule has 0 spiro atoms. The molecule has 1 aliphatic carbocycles. The van der Waals surface area contributed by atoms with E-state index < -0.39 is 0 Å². The Morgan fingerprint density at radius 3 is 2.90 bits per heavy atom. The van der Waals surface area contributed by atoms with Gasteiger partial charge in [-0.25, -0.2) is 0 Å². The minimum Gasteiger partial charge on any atom is -0.497 e. The summed E-state index contributed by atoms with van der Waals surface area (Å²) in [6.07, 6.45) is 3.21. The number of nitrogens with one attached hydrogen (secondary N) is 2. The molecule has 21 heavy (non-hydrogen) atoms. The zero-order chi connectivity index (χ0) is 14.8. The molecular weight excluding hydrogens is 264 g/mol. The summed E-state index contributed by atoms with van der Waals surface area (Å²) in [6, 6.07) is 6.35. The molecule has 1 saturated heterocycles. The second-order valence-corrected chi connectivity index (χ2v) is 6.23. The molecule has 1 amide bonds. The van der Waals surface area contributed by atoms with Crippen LogP contribution in [0.5, 0.6) is 5.75 Å². The lowest BCUT2D eigenvalue weighted by Gasteiger charge is -2.34.